The zero-order valence-electron chi connectivity index (χ0n) is 18.0. The summed E-state index contributed by atoms with van der Waals surface area (Å²) < 4.78 is 39.4. The van der Waals surface area contributed by atoms with Gasteiger partial charge in [0.1, 0.15) is 0 Å². The predicted molar refractivity (Wildman–Crippen MR) is 130 cm³/mol. The molecule has 174 valence electrons. The molecule has 1 aliphatic carbocycles. The first-order chi connectivity index (χ1) is 14.9. The fourth-order valence-electron chi connectivity index (χ4n) is 3.94. The Morgan fingerprint density at radius 3 is 2.38 bits per heavy atom. The molecule has 1 saturated heterocycles. The van der Waals surface area contributed by atoms with Crippen molar-refractivity contribution in [1.82, 2.24) is 20.2 Å². The zero-order valence-corrected chi connectivity index (χ0v) is 20.3. The van der Waals surface area contributed by atoms with E-state index in [9.17, 15) is 13.2 Å². The van der Waals surface area contributed by atoms with Crippen LogP contribution in [0, 0.1) is 0 Å². The predicted octanol–water partition coefficient (Wildman–Crippen LogP) is 3.93. The van der Waals surface area contributed by atoms with E-state index in [1.54, 1.807) is 24.5 Å². The first-order valence-corrected chi connectivity index (χ1v) is 10.6. The molecule has 2 fully saturated rings. The van der Waals surface area contributed by atoms with Gasteiger partial charge in [0, 0.05) is 50.5 Å². The molecule has 6 nitrogen and oxygen atoms in total. The first-order valence-electron chi connectivity index (χ1n) is 10.6. The minimum atomic E-state index is -4.33. The third-order valence-corrected chi connectivity index (χ3v) is 5.94. The van der Waals surface area contributed by atoms with Gasteiger partial charge in [0.2, 0.25) is 5.95 Å². The summed E-state index contributed by atoms with van der Waals surface area (Å²) in [5.74, 6) is 1.54. The average Bonchev–Trinajstić information content (AvgIpc) is 3.58. The van der Waals surface area contributed by atoms with Crippen LogP contribution in [0.5, 0.6) is 0 Å². The molecule has 0 unspecified atom stereocenters. The van der Waals surface area contributed by atoms with E-state index in [1.807, 2.05) is 6.92 Å². The van der Waals surface area contributed by atoms with E-state index in [0.29, 0.717) is 6.54 Å². The van der Waals surface area contributed by atoms with E-state index in [1.165, 1.54) is 12.1 Å². The van der Waals surface area contributed by atoms with Gasteiger partial charge < -0.3 is 15.1 Å². The highest BCUT2D eigenvalue weighted by atomic mass is 127. The van der Waals surface area contributed by atoms with Gasteiger partial charge in [-0.3, -0.25) is 4.99 Å². The van der Waals surface area contributed by atoms with Gasteiger partial charge in [-0.15, -0.1) is 24.0 Å². The molecule has 1 aromatic heterocycles. The van der Waals surface area contributed by atoms with Gasteiger partial charge in [-0.2, -0.15) is 13.2 Å². The van der Waals surface area contributed by atoms with Crippen molar-refractivity contribution in [2.45, 2.75) is 31.4 Å². The highest BCUT2D eigenvalue weighted by Crippen LogP contribution is 2.49. The molecule has 0 radical (unpaired) electrons. The van der Waals surface area contributed by atoms with Crippen molar-refractivity contribution in [3.8, 4) is 0 Å². The van der Waals surface area contributed by atoms with Gasteiger partial charge in [0.25, 0.3) is 0 Å². The minimum Gasteiger partial charge on any atom is -0.357 e. The highest BCUT2D eigenvalue weighted by molar-refractivity contribution is 14.0. The van der Waals surface area contributed by atoms with Crippen LogP contribution in [0.3, 0.4) is 0 Å². The third kappa shape index (κ3) is 5.62. The number of rotatable bonds is 5. The summed E-state index contributed by atoms with van der Waals surface area (Å²) in [7, 11) is 0. The molecule has 32 heavy (non-hydrogen) atoms. The van der Waals surface area contributed by atoms with Crippen LogP contribution in [-0.4, -0.2) is 60.1 Å². The van der Waals surface area contributed by atoms with Crippen LogP contribution in [0.25, 0.3) is 0 Å². The van der Waals surface area contributed by atoms with Gasteiger partial charge in [-0.25, -0.2) is 9.97 Å². The number of piperazine rings is 1. The fourth-order valence-corrected chi connectivity index (χ4v) is 3.94. The second kappa shape index (κ2) is 10.2. The van der Waals surface area contributed by atoms with Crippen LogP contribution in [0.2, 0.25) is 0 Å². The van der Waals surface area contributed by atoms with Crippen LogP contribution in [0.4, 0.5) is 19.1 Å². The number of hydrogen-bond donors (Lipinski definition) is 1. The van der Waals surface area contributed by atoms with E-state index in [-0.39, 0.29) is 29.4 Å². The maximum atomic E-state index is 13.1. The fraction of sp³-hybridized carbons (Fsp3) is 0.500. The lowest BCUT2D eigenvalue weighted by Crippen LogP contribution is -2.53. The number of nitrogens with zero attached hydrogens (tertiary/aromatic N) is 5. The molecule has 0 amide bonds. The van der Waals surface area contributed by atoms with Crippen LogP contribution < -0.4 is 10.2 Å². The number of aromatic nitrogens is 2. The Labute approximate surface area is 203 Å². The van der Waals surface area contributed by atoms with E-state index in [4.69, 9.17) is 4.99 Å². The van der Waals surface area contributed by atoms with Gasteiger partial charge >= 0.3 is 6.18 Å². The topological polar surface area (TPSA) is 56.7 Å². The van der Waals surface area contributed by atoms with Gasteiger partial charge in [0.15, 0.2) is 5.96 Å². The summed E-state index contributed by atoms with van der Waals surface area (Å²) in [5.41, 5.74) is -0.152. The number of benzene rings is 1. The maximum absolute atomic E-state index is 13.1. The van der Waals surface area contributed by atoms with Crippen molar-refractivity contribution in [2.75, 3.05) is 44.2 Å². The van der Waals surface area contributed by atoms with Crippen molar-refractivity contribution in [1.29, 1.82) is 0 Å². The molecule has 1 aliphatic heterocycles. The Bertz CT molecular complexity index is 909. The summed E-state index contributed by atoms with van der Waals surface area (Å²) in [4.78, 5) is 17.8. The van der Waals surface area contributed by atoms with Crippen LogP contribution in [0.1, 0.15) is 30.9 Å². The Hall–Kier alpha value is -2.11. The molecule has 10 heteroatoms. The Balaban J connectivity index is 0.00000289. The number of nitrogens with one attached hydrogen (secondary N) is 1. The molecular formula is C22H28F3IN6. The molecule has 1 saturated carbocycles. The first kappa shape index (κ1) is 24.5. The van der Waals surface area contributed by atoms with Crippen molar-refractivity contribution in [2.24, 2.45) is 4.99 Å². The zero-order chi connectivity index (χ0) is 21.9. The largest absolute Gasteiger partial charge is 0.416 e. The summed E-state index contributed by atoms with van der Waals surface area (Å²) in [6.45, 7) is 6.36. The highest BCUT2D eigenvalue weighted by Gasteiger charge is 2.45. The van der Waals surface area contributed by atoms with Crippen LogP contribution in [-0.2, 0) is 11.6 Å². The van der Waals surface area contributed by atoms with Crippen molar-refractivity contribution < 1.29 is 13.2 Å². The lowest BCUT2D eigenvalue weighted by molar-refractivity contribution is -0.137. The van der Waals surface area contributed by atoms with Crippen molar-refractivity contribution in [3.05, 3.63) is 53.9 Å². The van der Waals surface area contributed by atoms with E-state index in [0.717, 1.165) is 69.1 Å². The number of guanidine groups is 1. The van der Waals surface area contributed by atoms with Crippen LogP contribution >= 0.6 is 24.0 Å². The quantitative estimate of drug-likeness (QED) is 0.342. The minimum absolute atomic E-state index is 0. The molecule has 1 aromatic carbocycles. The molecule has 0 spiro atoms. The van der Waals surface area contributed by atoms with Gasteiger partial charge in [-0.1, -0.05) is 18.2 Å². The van der Waals surface area contributed by atoms with Gasteiger partial charge in [-0.05, 0) is 37.5 Å². The van der Waals surface area contributed by atoms with Crippen molar-refractivity contribution >= 4 is 35.9 Å². The SMILES string of the molecule is CCNC(=NCC1(c2cccc(C(F)(F)F)c2)CC1)N1CCN(c2ncccn2)CC1.I. The second-order valence-electron chi connectivity index (χ2n) is 8.05. The maximum Gasteiger partial charge on any atom is 0.416 e. The summed E-state index contributed by atoms with van der Waals surface area (Å²) >= 11 is 0. The number of alkyl halides is 3. The molecule has 2 aromatic rings. The van der Waals surface area contributed by atoms with Crippen molar-refractivity contribution in [3.63, 3.8) is 0 Å². The van der Waals surface area contributed by atoms with E-state index < -0.39 is 11.7 Å². The molecular weight excluding hydrogens is 532 g/mol. The number of halogens is 4. The molecule has 2 aliphatic rings. The number of anilines is 1. The normalized spacial score (nSPS) is 18.2. The molecule has 4 rings (SSSR count). The van der Waals surface area contributed by atoms with E-state index in [2.05, 4.69) is 25.1 Å². The monoisotopic (exact) mass is 560 g/mol. The molecule has 1 N–H and O–H groups in total. The standard InChI is InChI=1S/C22H27F3N6.HI/c1-2-26-19(30-11-13-31(14-12-30)20-27-9-4-10-28-20)29-16-21(7-8-21)17-5-3-6-18(15-17)22(23,24)25;/h3-6,9-10,15H,2,7-8,11-14,16H2,1H3,(H,26,29);1H. The number of hydrogen-bond acceptors (Lipinski definition) is 4. The number of aliphatic imine (C=N–C) groups is 1. The summed E-state index contributed by atoms with van der Waals surface area (Å²) in [6, 6.07) is 7.51. The molecule has 2 heterocycles. The smallest absolute Gasteiger partial charge is 0.357 e. The van der Waals surface area contributed by atoms with E-state index >= 15 is 0 Å². The average molecular weight is 560 g/mol. The summed E-state index contributed by atoms with van der Waals surface area (Å²) in [6.07, 6.45) is 0.866. The molecule has 0 bridgehead atoms. The Morgan fingerprint density at radius 2 is 1.78 bits per heavy atom. The summed E-state index contributed by atoms with van der Waals surface area (Å²) in [5, 5.41) is 3.34. The lowest BCUT2D eigenvalue weighted by atomic mass is 9.94. The third-order valence-electron chi connectivity index (χ3n) is 5.94. The molecule has 0 atom stereocenters. The van der Waals surface area contributed by atoms with Gasteiger partial charge in [0.05, 0.1) is 12.1 Å². The lowest BCUT2D eigenvalue weighted by Gasteiger charge is -2.36. The Kier molecular flexibility index (Phi) is 7.84. The van der Waals surface area contributed by atoms with Crippen LogP contribution in [0.15, 0.2) is 47.7 Å². The Morgan fingerprint density at radius 1 is 1.09 bits per heavy atom. The second-order valence-corrected chi connectivity index (χ2v) is 8.05.